The second-order valence-corrected chi connectivity index (χ2v) is 4.87. The maximum absolute atomic E-state index is 11.4. The first-order chi connectivity index (χ1) is 4.96. The third kappa shape index (κ3) is 3.50. The summed E-state index contributed by atoms with van der Waals surface area (Å²) >= 11 is 0. The molecule has 0 aromatic rings. The summed E-state index contributed by atoms with van der Waals surface area (Å²) in [6.45, 7) is 0. The van der Waals surface area contributed by atoms with Crippen molar-refractivity contribution < 1.29 is 35.9 Å². The Bertz CT molecular complexity index is 299. The van der Waals surface area contributed by atoms with E-state index in [9.17, 15) is 26.2 Å². The minimum atomic E-state index is -5.97. The second kappa shape index (κ2) is 2.96. The number of halogens is 3. The van der Waals surface area contributed by atoms with Gasteiger partial charge in [-0.1, -0.05) is 0 Å². The van der Waals surface area contributed by atoms with Gasteiger partial charge in [-0.3, -0.25) is 0 Å². The highest BCUT2D eigenvalue weighted by Crippen LogP contribution is 2.34. The highest BCUT2D eigenvalue weighted by molar-refractivity contribution is 7.95. The number of alkyl halides is 3. The summed E-state index contributed by atoms with van der Waals surface area (Å²) in [5.41, 5.74) is -5.73. The fourth-order valence-corrected chi connectivity index (χ4v) is 1.87. The topological polar surface area (TPSA) is 104 Å². The van der Waals surface area contributed by atoms with Crippen molar-refractivity contribution in [2.24, 2.45) is 0 Å². The second-order valence-electron chi connectivity index (χ2n) is 1.58. The molecule has 0 aliphatic heterocycles. The molecule has 0 rings (SSSR count). The predicted octanol–water partition coefficient (Wildman–Crippen LogP) is -0.482. The average molecular weight is 229 g/mol. The average Bonchev–Trinajstić information content (AvgIpc) is 1.52. The minimum absolute atomic E-state index is 0.149. The van der Waals surface area contributed by atoms with E-state index in [4.69, 9.17) is 9.79 Å². The first-order valence-electron chi connectivity index (χ1n) is 2.11. The van der Waals surface area contributed by atoms with Crippen molar-refractivity contribution in [1.29, 1.82) is 0 Å². The van der Waals surface area contributed by atoms with Gasteiger partial charge in [-0.15, -0.1) is 4.49 Å². The van der Waals surface area contributed by atoms with Crippen molar-refractivity contribution in [2.75, 3.05) is 0 Å². The van der Waals surface area contributed by atoms with Crippen LogP contribution in [0.3, 0.4) is 0 Å². The molecule has 0 fully saturated rings. The number of sulfonamides is 1. The quantitative estimate of drug-likeness (QED) is 0.554. The molecule has 0 aromatic carbocycles. The van der Waals surface area contributed by atoms with Crippen molar-refractivity contribution >= 4 is 17.8 Å². The fourth-order valence-electron chi connectivity index (χ4n) is 0.208. The molecule has 0 radical (unpaired) electrons. The Balaban J connectivity index is 4.83. The molecule has 0 bridgehead atoms. The van der Waals surface area contributed by atoms with Gasteiger partial charge in [0.05, 0.1) is 0 Å². The lowest BCUT2D eigenvalue weighted by Gasteiger charge is -2.09. The Hall–Kier alpha value is -0.150. The van der Waals surface area contributed by atoms with E-state index in [0.717, 1.165) is 0 Å². The molecule has 12 heavy (non-hydrogen) atoms. The minimum Gasteiger partial charge on any atom is -0.312 e. The van der Waals surface area contributed by atoms with Crippen LogP contribution in [0.15, 0.2) is 0 Å². The van der Waals surface area contributed by atoms with Gasteiger partial charge in [-0.25, -0.2) is 13.0 Å². The molecule has 0 atom stereocenters. The van der Waals surface area contributed by atoms with E-state index in [1.165, 1.54) is 0 Å². The molecule has 3 N–H and O–H groups in total. The smallest absolute Gasteiger partial charge is 0.312 e. The summed E-state index contributed by atoms with van der Waals surface area (Å²) in [6.07, 6.45) is 0. The zero-order valence-electron chi connectivity index (χ0n) is 5.11. The van der Waals surface area contributed by atoms with Gasteiger partial charge >= 0.3 is 23.3 Å². The van der Waals surface area contributed by atoms with Gasteiger partial charge in [0.15, 0.2) is 0 Å². The first-order valence-corrected chi connectivity index (χ1v) is 5.21. The van der Waals surface area contributed by atoms with Crippen LogP contribution in [0.5, 0.6) is 0 Å². The van der Waals surface area contributed by atoms with Gasteiger partial charge in [-0.2, -0.15) is 13.2 Å². The summed E-state index contributed by atoms with van der Waals surface area (Å²) in [5.74, 6) is 0. The molecule has 0 saturated heterocycles. The maximum atomic E-state index is 11.4. The van der Waals surface area contributed by atoms with Crippen LogP contribution in [0.2, 0.25) is 0 Å². The molecular weight excluding hydrogens is 226 g/mol. The van der Waals surface area contributed by atoms with Crippen molar-refractivity contribution in [3.63, 3.8) is 0 Å². The van der Waals surface area contributed by atoms with Crippen LogP contribution in [-0.4, -0.2) is 23.7 Å². The van der Waals surface area contributed by atoms with Gasteiger partial charge in [0.2, 0.25) is 0 Å². The number of nitrogens with one attached hydrogen (secondary N) is 1. The third-order valence-electron chi connectivity index (χ3n) is 0.544. The zero-order chi connectivity index (χ0) is 10.2. The Morgan fingerprint density at radius 2 is 1.58 bits per heavy atom. The van der Waals surface area contributed by atoms with Crippen LogP contribution in [-0.2, 0) is 14.6 Å². The van der Waals surface area contributed by atoms with Crippen LogP contribution in [0.25, 0.3) is 0 Å². The Morgan fingerprint density at radius 1 is 1.25 bits per heavy atom. The standard InChI is InChI=1S/CH3F3NO5PS/c2-1(3,4)12(9,10)5-11(6,7)8/h(H3,5,6,7,8). The normalized spacial score (nSPS) is 14.8. The van der Waals surface area contributed by atoms with Gasteiger partial charge in [0, 0.05) is 0 Å². The molecule has 0 aliphatic rings. The molecule has 0 aliphatic carbocycles. The molecule has 0 saturated carbocycles. The van der Waals surface area contributed by atoms with Crippen LogP contribution in [0.4, 0.5) is 13.2 Å². The van der Waals surface area contributed by atoms with Crippen molar-refractivity contribution in [1.82, 2.24) is 4.49 Å². The summed E-state index contributed by atoms with van der Waals surface area (Å²) in [4.78, 5) is 15.7. The zero-order valence-corrected chi connectivity index (χ0v) is 6.82. The van der Waals surface area contributed by atoms with E-state index in [1.807, 2.05) is 0 Å². The molecule has 0 aromatic heterocycles. The number of hydrogen-bond donors (Lipinski definition) is 3. The molecule has 0 heterocycles. The number of hydrogen-bond acceptors (Lipinski definition) is 3. The van der Waals surface area contributed by atoms with Crippen molar-refractivity contribution in [3.05, 3.63) is 0 Å². The molecule has 6 nitrogen and oxygen atoms in total. The monoisotopic (exact) mass is 229 g/mol. The van der Waals surface area contributed by atoms with Crippen LogP contribution >= 0.6 is 7.75 Å². The Kier molecular flexibility index (Phi) is 2.93. The maximum Gasteiger partial charge on any atom is 0.511 e. The molecule has 11 heteroatoms. The van der Waals surface area contributed by atoms with E-state index >= 15 is 0 Å². The fraction of sp³-hybridized carbons (Fsp3) is 1.00. The van der Waals surface area contributed by atoms with Crippen LogP contribution in [0, 0.1) is 0 Å². The van der Waals surface area contributed by atoms with Crippen LogP contribution < -0.4 is 4.49 Å². The lowest BCUT2D eigenvalue weighted by atomic mass is 11.6. The summed E-state index contributed by atoms with van der Waals surface area (Å²) < 4.78 is 63.9. The van der Waals surface area contributed by atoms with E-state index < -0.39 is 23.3 Å². The summed E-state index contributed by atoms with van der Waals surface area (Å²) in [7, 11) is -11.4. The lowest BCUT2D eigenvalue weighted by Crippen LogP contribution is -2.34. The Morgan fingerprint density at radius 3 is 1.67 bits per heavy atom. The van der Waals surface area contributed by atoms with Gasteiger partial charge in [-0.05, 0) is 0 Å². The first kappa shape index (κ1) is 11.8. The SMILES string of the molecule is O=P(O)(O)NS(=O)(=O)C(F)(F)F. The lowest BCUT2D eigenvalue weighted by molar-refractivity contribution is -0.0443. The molecule has 0 spiro atoms. The van der Waals surface area contributed by atoms with Gasteiger partial charge in [0.25, 0.3) is 0 Å². The van der Waals surface area contributed by atoms with E-state index in [-0.39, 0.29) is 4.49 Å². The van der Waals surface area contributed by atoms with Crippen LogP contribution in [0.1, 0.15) is 0 Å². The molecular formula is CH3F3NO5PS. The highest BCUT2D eigenvalue weighted by atomic mass is 32.2. The van der Waals surface area contributed by atoms with Gasteiger partial charge in [0.1, 0.15) is 0 Å². The van der Waals surface area contributed by atoms with Gasteiger partial charge < -0.3 is 9.79 Å². The predicted molar refractivity (Wildman–Crippen MR) is 30.2 cm³/mol. The van der Waals surface area contributed by atoms with E-state index in [2.05, 4.69) is 0 Å². The molecule has 0 unspecified atom stereocenters. The summed E-state index contributed by atoms with van der Waals surface area (Å²) in [6, 6.07) is 0. The van der Waals surface area contributed by atoms with E-state index in [1.54, 1.807) is 0 Å². The van der Waals surface area contributed by atoms with E-state index in [0.29, 0.717) is 0 Å². The molecule has 74 valence electrons. The highest BCUT2D eigenvalue weighted by Gasteiger charge is 2.48. The number of rotatable bonds is 2. The summed E-state index contributed by atoms with van der Waals surface area (Å²) in [5, 5.41) is 0. The van der Waals surface area contributed by atoms with Crippen molar-refractivity contribution in [2.45, 2.75) is 5.51 Å². The third-order valence-corrected chi connectivity index (χ3v) is 3.07. The molecule has 0 amide bonds. The largest absolute Gasteiger partial charge is 0.511 e. The Labute approximate surface area is 64.7 Å². The van der Waals surface area contributed by atoms with Crippen molar-refractivity contribution in [3.8, 4) is 0 Å².